The summed E-state index contributed by atoms with van der Waals surface area (Å²) in [4.78, 5) is 36.2. The summed E-state index contributed by atoms with van der Waals surface area (Å²) in [5.41, 5.74) is -0.775. The molecule has 1 saturated heterocycles. The lowest BCUT2D eigenvalue weighted by Gasteiger charge is -2.20. The molecule has 0 spiro atoms. The fraction of sp³-hybridized carbons (Fsp3) is 0.750. The van der Waals surface area contributed by atoms with Crippen LogP contribution < -0.4 is 0 Å². The molecule has 17 heavy (non-hydrogen) atoms. The second-order valence-electron chi connectivity index (χ2n) is 4.92. The van der Waals surface area contributed by atoms with Crippen molar-refractivity contribution in [2.24, 2.45) is 5.41 Å². The number of ether oxygens (including phenoxy) is 1. The van der Waals surface area contributed by atoms with Crippen molar-refractivity contribution < 1.29 is 19.1 Å². The van der Waals surface area contributed by atoms with E-state index in [1.807, 2.05) is 6.92 Å². The van der Waals surface area contributed by atoms with Crippen molar-refractivity contribution in [1.82, 2.24) is 4.90 Å². The molecule has 1 rings (SSSR count). The molecule has 1 aliphatic heterocycles. The first-order valence-corrected chi connectivity index (χ1v) is 5.94. The van der Waals surface area contributed by atoms with E-state index >= 15 is 0 Å². The number of hydrogen-bond donors (Lipinski definition) is 0. The summed E-state index contributed by atoms with van der Waals surface area (Å²) in [7, 11) is 0. The third-order valence-corrected chi connectivity index (χ3v) is 3.23. The molecule has 1 fully saturated rings. The molecular weight excluding hydrogens is 222 g/mol. The van der Waals surface area contributed by atoms with Crippen molar-refractivity contribution in [3.63, 3.8) is 0 Å². The molecule has 5 nitrogen and oxygen atoms in total. The second kappa shape index (κ2) is 5.29. The molecule has 0 bridgehead atoms. The molecular formula is C12H19NO4. The monoisotopic (exact) mass is 241 g/mol. The first-order valence-electron chi connectivity index (χ1n) is 5.94. The minimum atomic E-state index is -1.05. The summed E-state index contributed by atoms with van der Waals surface area (Å²) in [6, 6.07) is 0. The Morgan fingerprint density at radius 1 is 1.18 bits per heavy atom. The molecule has 0 aromatic heterocycles. The molecule has 0 saturated carbocycles. The van der Waals surface area contributed by atoms with Crippen LogP contribution in [0, 0.1) is 5.41 Å². The highest BCUT2D eigenvalue weighted by atomic mass is 16.6. The average Bonchev–Trinajstić information content (AvgIpc) is 2.81. The molecule has 0 atom stereocenters. The molecule has 1 aliphatic rings. The lowest BCUT2D eigenvalue weighted by Crippen LogP contribution is -2.37. The zero-order valence-electron chi connectivity index (χ0n) is 10.6. The maximum atomic E-state index is 11.7. The summed E-state index contributed by atoms with van der Waals surface area (Å²) >= 11 is 0. The normalized spacial score (nSPS) is 15.8. The number of carbonyl (C=O) groups excluding carboxylic acids is 3. The van der Waals surface area contributed by atoms with Crippen LogP contribution in [-0.4, -0.2) is 35.8 Å². The Labute approximate surface area is 101 Å². The lowest BCUT2D eigenvalue weighted by atomic mass is 9.85. The number of Topliss-reactive ketones (excluding diaryl/α,β-unsaturated/α-hetero) is 1. The summed E-state index contributed by atoms with van der Waals surface area (Å²) in [6.07, 6.45) is 1.65. The Kier molecular flexibility index (Phi) is 4.26. The van der Waals surface area contributed by atoms with Crippen LogP contribution in [0.2, 0.25) is 0 Å². The first kappa shape index (κ1) is 13.7. The van der Waals surface area contributed by atoms with Gasteiger partial charge in [-0.1, -0.05) is 20.8 Å². The minimum Gasteiger partial charge on any atom is -0.370 e. The van der Waals surface area contributed by atoms with Gasteiger partial charge in [0, 0.05) is 18.5 Å². The van der Waals surface area contributed by atoms with Crippen molar-refractivity contribution in [3.8, 4) is 0 Å². The molecule has 0 N–H and O–H groups in total. The van der Waals surface area contributed by atoms with Gasteiger partial charge in [0.25, 0.3) is 0 Å². The van der Waals surface area contributed by atoms with Gasteiger partial charge < -0.3 is 9.64 Å². The highest BCUT2D eigenvalue weighted by Gasteiger charge is 2.35. The fourth-order valence-electron chi connectivity index (χ4n) is 1.53. The van der Waals surface area contributed by atoms with Crippen molar-refractivity contribution in [2.45, 2.75) is 40.0 Å². The van der Waals surface area contributed by atoms with Crippen molar-refractivity contribution in [3.05, 3.63) is 0 Å². The molecule has 0 radical (unpaired) electrons. The Bertz CT molecular complexity index is 329. The smallest absolute Gasteiger partial charge is 0.370 e. The van der Waals surface area contributed by atoms with Crippen LogP contribution in [0.15, 0.2) is 0 Å². The zero-order chi connectivity index (χ0) is 13.1. The van der Waals surface area contributed by atoms with Gasteiger partial charge in [-0.05, 0) is 19.3 Å². The average molecular weight is 241 g/mol. The molecule has 0 aliphatic carbocycles. The lowest BCUT2D eigenvalue weighted by molar-refractivity contribution is -0.154. The highest BCUT2D eigenvalue weighted by Crippen LogP contribution is 2.21. The summed E-state index contributed by atoms with van der Waals surface area (Å²) in [5, 5.41) is 0. The van der Waals surface area contributed by atoms with Gasteiger partial charge in [0.1, 0.15) is 0 Å². The van der Waals surface area contributed by atoms with E-state index in [1.54, 1.807) is 13.8 Å². The van der Waals surface area contributed by atoms with Crippen LogP contribution in [0.4, 0.5) is 4.79 Å². The second-order valence-corrected chi connectivity index (χ2v) is 4.92. The number of rotatable bonds is 3. The Morgan fingerprint density at radius 2 is 1.71 bits per heavy atom. The van der Waals surface area contributed by atoms with E-state index in [0.29, 0.717) is 19.5 Å². The van der Waals surface area contributed by atoms with Crippen LogP contribution in [0.5, 0.6) is 0 Å². The van der Waals surface area contributed by atoms with Gasteiger partial charge >= 0.3 is 12.1 Å². The van der Waals surface area contributed by atoms with Gasteiger partial charge in [-0.25, -0.2) is 9.59 Å². The number of amides is 1. The van der Waals surface area contributed by atoms with Crippen LogP contribution in [0.25, 0.3) is 0 Å². The quantitative estimate of drug-likeness (QED) is 0.429. The van der Waals surface area contributed by atoms with E-state index in [4.69, 9.17) is 0 Å². The third kappa shape index (κ3) is 3.28. The third-order valence-electron chi connectivity index (χ3n) is 3.23. The predicted octanol–water partition coefficient (Wildman–Crippen LogP) is 1.75. The summed E-state index contributed by atoms with van der Waals surface area (Å²) in [6.45, 7) is 6.33. The van der Waals surface area contributed by atoms with Crippen LogP contribution in [-0.2, 0) is 14.3 Å². The largest absolute Gasteiger partial charge is 0.417 e. The van der Waals surface area contributed by atoms with E-state index < -0.39 is 23.3 Å². The number of nitrogens with zero attached hydrogens (tertiary/aromatic N) is 1. The Balaban J connectivity index is 2.54. The molecule has 1 amide bonds. The van der Waals surface area contributed by atoms with Gasteiger partial charge in [-0.3, -0.25) is 4.79 Å². The van der Waals surface area contributed by atoms with Crippen LogP contribution >= 0.6 is 0 Å². The molecule has 0 aromatic rings. The highest BCUT2D eigenvalue weighted by molar-refractivity contribution is 6.37. The van der Waals surface area contributed by atoms with E-state index in [9.17, 15) is 14.4 Å². The van der Waals surface area contributed by atoms with Gasteiger partial charge in [-0.2, -0.15) is 0 Å². The standard InChI is InChI=1S/C12H19NO4/c1-4-12(2,3)9(14)10(15)17-11(16)13-7-5-6-8-13/h4-8H2,1-3H3. The molecule has 1 heterocycles. The fourth-order valence-corrected chi connectivity index (χ4v) is 1.53. The van der Waals surface area contributed by atoms with E-state index in [0.717, 1.165) is 12.8 Å². The van der Waals surface area contributed by atoms with Crippen molar-refractivity contribution in [2.75, 3.05) is 13.1 Å². The van der Waals surface area contributed by atoms with Gasteiger partial charge in [0.15, 0.2) is 0 Å². The van der Waals surface area contributed by atoms with E-state index in [1.165, 1.54) is 4.90 Å². The number of carbonyl (C=O) groups is 3. The predicted molar refractivity (Wildman–Crippen MR) is 61.4 cm³/mol. The Hall–Kier alpha value is -1.39. The molecule has 96 valence electrons. The first-order chi connectivity index (χ1) is 7.88. The summed E-state index contributed by atoms with van der Waals surface area (Å²) < 4.78 is 4.58. The van der Waals surface area contributed by atoms with Gasteiger partial charge in [0.05, 0.1) is 0 Å². The maximum Gasteiger partial charge on any atom is 0.417 e. The van der Waals surface area contributed by atoms with E-state index in [2.05, 4.69) is 4.74 Å². The summed E-state index contributed by atoms with van der Waals surface area (Å²) in [5.74, 6) is -1.69. The molecule has 0 unspecified atom stereocenters. The van der Waals surface area contributed by atoms with Crippen molar-refractivity contribution >= 4 is 17.8 Å². The number of ketones is 1. The number of likely N-dealkylation sites (tertiary alicyclic amines) is 1. The zero-order valence-corrected chi connectivity index (χ0v) is 10.6. The number of esters is 1. The van der Waals surface area contributed by atoms with Crippen molar-refractivity contribution in [1.29, 1.82) is 0 Å². The topological polar surface area (TPSA) is 63.7 Å². The van der Waals surface area contributed by atoms with Crippen LogP contribution in [0.3, 0.4) is 0 Å². The minimum absolute atomic E-state index is 0.527. The maximum absolute atomic E-state index is 11.7. The van der Waals surface area contributed by atoms with Gasteiger partial charge in [-0.15, -0.1) is 0 Å². The SMILES string of the molecule is CCC(C)(C)C(=O)C(=O)OC(=O)N1CCCC1. The van der Waals surface area contributed by atoms with E-state index in [-0.39, 0.29) is 0 Å². The Morgan fingerprint density at radius 3 is 2.18 bits per heavy atom. The van der Waals surface area contributed by atoms with Crippen LogP contribution in [0.1, 0.15) is 40.0 Å². The molecule has 5 heteroatoms. The molecule has 0 aromatic carbocycles. The number of hydrogen-bond acceptors (Lipinski definition) is 4. The van der Waals surface area contributed by atoms with Gasteiger partial charge in [0.2, 0.25) is 5.78 Å².